The summed E-state index contributed by atoms with van der Waals surface area (Å²) in [6.07, 6.45) is 6.51. The molecule has 0 unspecified atom stereocenters. The van der Waals surface area contributed by atoms with E-state index in [1.54, 1.807) is 12.3 Å². The van der Waals surface area contributed by atoms with Crippen molar-refractivity contribution in [2.45, 2.75) is 24.2 Å². The normalized spacial score (nSPS) is 20.8. The zero-order chi connectivity index (χ0) is 21.5. The Morgan fingerprint density at radius 3 is 2.93 bits per heavy atom. The molecule has 4 rings (SSSR count). The highest BCUT2D eigenvalue weighted by molar-refractivity contribution is 7.98. The monoisotopic (exact) mass is 387 g/mol. The van der Waals surface area contributed by atoms with Gasteiger partial charge in [0.15, 0.2) is 11.5 Å². The standard InChI is InChI=1S/C18H20N6O2S/c1-19-17(26)14-11(21-15-12(27-2)4-3-7-20-15)8-13(23-24-14)22-16(25)10-9-18(10)5-6-18/h3-4,7-8,10H,5-6,9H2,1-2H3,(H,19,26)(H2,20,21,22,23,25)/t10-/m0/s1/i1D3. The molecular formula is C18H20N6O2S. The second-order valence-electron chi connectivity index (χ2n) is 6.73. The average molecular weight is 387 g/mol. The lowest BCUT2D eigenvalue weighted by Crippen LogP contribution is -2.23. The van der Waals surface area contributed by atoms with E-state index in [2.05, 4.69) is 25.8 Å². The molecule has 2 heterocycles. The van der Waals surface area contributed by atoms with E-state index in [0.717, 1.165) is 24.2 Å². The Morgan fingerprint density at radius 1 is 1.37 bits per heavy atom. The van der Waals surface area contributed by atoms with Crippen molar-refractivity contribution in [3.8, 4) is 0 Å². The van der Waals surface area contributed by atoms with Gasteiger partial charge in [-0.2, -0.15) is 0 Å². The quantitative estimate of drug-likeness (QED) is 0.653. The Balaban J connectivity index is 1.61. The maximum absolute atomic E-state index is 12.4. The van der Waals surface area contributed by atoms with Gasteiger partial charge >= 0.3 is 0 Å². The first kappa shape index (κ1) is 14.4. The zero-order valence-corrected chi connectivity index (χ0v) is 15.4. The van der Waals surface area contributed by atoms with E-state index in [0.29, 0.717) is 5.82 Å². The van der Waals surface area contributed by atoms with Gasteiger partial charge in [-0.25, -0.2) is 4.98 Å². The summed E-state index contributed by atoms with van der Waals surface area (Å²) < 4.78 is 21.8. The van der Waals surface area contributed by atoms with Gasteiger partial charge in [-0.1, -0.05) is 0 Å². The lowest BCUT2D eigenvalue weighted by Gasteiger charge is -2.13. The molecule has 0 radical (unpaired) electrons. The zero-order valence-electron chi connectivity index (χ0n) is 17.6. The molecule has 0 aromatic carbocycles. The van der Waals surface area contributed by atoms with Crippen LogP contribution in [0.5, 0.6) is 0 Å². The molecule has 2 saturated carbocycles. The van der Waals surface area contributed by atoms with Crippen LogP contribution < -0.4 is 16.0 Å². The van der Waals surface area contributed by atoms with Crippen molar-refractivity contribution >= 4 is 40.9 Å². The van der Waals surface area contributed by atoms with Crippen molar-refractivity contribution in [2.75, 3.05) is 23.9 Å². The van der Waals surface area contributed by atoms with Crippen LogP contribution in [0.3, 0.4) is 0 Å². The minimum Gasteiger partial charge on any atom is -0.354 e. The van der Waals surface area contributed by atoms with Crippen LogP contribution >= 0.6 is 11.8 Å². The smallest absolute Gasteiger partial charge is 0.273 e. The van der Waals surface area contributed by atoms with Crippen LogP contribution in [-0.4, -0.2) is 40.2 Å². The Hall–Kier alpha value is -2.68. The number of nitrogens with one attached hydrogen (secondary N) is 3. The van der Waals surface area contributed by atoms with Gasteiger partial charge in [-0.3, -0.25) is 9.59 Å². The summed E-state index contributed by atoms with van der Waals surface area (Å²) in [7, 11) is 0. The molecule has 2 aromatic heterocycles. The molecule has 0 bridgehead atoms. The molecule has 0 saturated heterocycles. The number of pyridine rings is 1. The van der Waals surface area contributed by atoms with Gasteiger partial charge in [0.1, 0.15) is 5.82 Å². The van der Waals surface area contributed by atoms with Crippen molar-refractivity contribution in [1.29, 1.82) is 0 Å². The van der Waals surface area contributed by atoms with Crippen LogP contribution in [0.4, 0.5) is 17.3 Å². The predicted molar refractivity (Wildman–Crippen MR) is 103 cm³/mol. The summed E-state index contributed by atoms with van der Waals surface area (Å²) >= 11 is 1.45. The molecule has 2 amide bonds. The van der Waals surface area contributed by atoms with Gasteiger partial charge in [0.2, 0.25) is 5.91 Å². The molecule has 2 aliphatic carbocycles. The molecular weight excluding hydrogens is 364 g/mol. The summed E-state index contributed by atoms with van der Waals surface area (Å²) in [5, 5.41) is 15.4. The van der Waals surface area contributed by atoms with E-state index in [1.807, 2.05) is 17.6 Å². The molecule has 0 aliphatic heterocycles. The van der Waals surface area contributed by atoms with Gasteiger partial charge in [0, 0.05) is 34.2 Å². The van der Waals surface area contributed by atoms with Gasteiger partial charge < -0.3 is 16.0 Å². The van der Waals surface area contributed by atoms with E-state index >= 15 is 0 Å². The van der Waals surface area contributed by atoms with Crippen molar-refractivity contribution in [1.82, 2.24) is 20.5 Å². The second kappa shape index (κ2) is 6.80. The summed E-state index contributed by atoms with van der Waals surface area (Å²) in [6.45, 7) is -2.68. The third-order valence-electron chi connectivity index (χ3n) is 5.02. The number of nitrogens with zero attached hydrogens (tertiary/aromatic N) is 3. The highest BCUT2D eigenvalue weighted by Crippen LogP contribution is 2.70. The highest BCUT2D eigenvalue weighted by Gasteiger charge is 2.65. The molecule has 2 aliphatic rings. The van der Waals surface area contributed by atoms with Gasteiger partial charge in [-0.05, 0) is 43.1 Å². The van der Waals surface area contributed by atoms with Crippen LogP contribution in [0.15, 0.2) is 29.3 Å². The Labute approximate surface area is 165 Å². The van der Waals surface area contributed by atoms with Crippen molar-refractivity contribution in [2.24, 2.45) is 11.3 Å². The molecule has 140 valence electrons. The third kappa shape index (κ3) is 3.46. The molecule has 1 atom stereocenters. The van der Waals surface area contributed by atoms with E-state index in [4.69, 9.17) is 4.11 Å². The number of carbonyl (C=O) groups is 2. The lowest BCUT2D eigenvalue weighted by atomic mass is 10.2. The summed E-state index contributed by atoms with van der Waals surface area (Å²) in [6, 6.07) is 5.08. The minimum absolute atomic E-state index is 0.00636. The lowest BCUT2D eigenvalue weighted by molar-refractivity contribution is -0.117. The molecule has 9 heteroatoms. The maximum Gasteiger partial charge on any atom is 0.273 e. The van der Waals surface area contributed by atoms with E-state index in [1.165, 1.54) is 17.8 Å². The highest BCUT2D eigenvalue weighted by atomic mass is 32.2. The first-order chi connectivity index (χ1) is 14.2. The number of hydrogen-bond acceptors (Lipinski definition) is 7. The largest absolute Gasteiger partial charge is 0.354 e. The Bertz CT molecular complexity index is 1010. The van der Waals surface area contributed by atoms with Crippen LogP contribution in [0.25, 0.3) is 0 Å². The topological polar surface area (TPSA) is 109 Å². The van der Waals surface area contributed by atoms with E-state index in [-0.39, 0.29) is 34.4 Å². The van der Waals surface area contributed by atoms with Crippen LogP contribution in [0.1, 0.15) is 33.9 Å². The Kier molecular flexibility index (Phi) is 3.63. The fourth-order valence-corrected chi connectivity index (χ4v) is 3.71. The van der Waals surface area contributed by atoms with Crippen molar-refractivity contribution in [3.05, 3.63) is 30.1 Å². The molecule has 2 aromatic rings. The minimum atomic E-state index is -2.68. The number of aromatic nitrogens is 3. The Morgan fingerprint density at radius 2 is 2.22 bits per heavy atom. The molecule has 27 heavy (non-hydrogen) atoms. The predicted octanol–water partition coefficient (Wildman–Crippen LogP) is 2.44. The van der Waals surface area contributed by atoms with Crippen LogP contribution in [-0.2, 0) is 4.79 Å². The molecule has 3 N–H and O–H groups in total. The SMILES string of the molecule is [2H]C([2H])([2H])NC(=O)c1nnc(NC(=O)[C@@H]2CC23CC3)cc1Nc1ncccc1SC. The van der Waals surface area contributed by atoms with Crippen LogP contribution in [0.2, 0.25) is 0 Å². The number of amides is 2. The van der Waals surface area contributed by atoms with Crippen molar-refractivity contribution in [3.63, 3.8) is 0 Å². The number of rotatable bonds is 6. The molecule has 8 nitrogen and oxygen atoms in total. The molecule has 1 spiro atoms. The van der Waals surface area contributed by atoms with E-state index < -0.39 is 12.9 Å². The number of carbonyl (C=O) groups excluding carboxylic acids is 2. The first-order valence-corrected chi connectivity index (χ1v) is 9.70. The third-order valence-corrected chi connectivity index (χ3v) is 5.79. The van der Waals surface area contributed by atoms with E-state index in [9.17, 15) is 9.59 Å². The van der Waals surface area contributed by atoms with Crippen molar-refractivity contribution < 1.29 is 13.7 Å². The number of hydrogen-bond donors (Lipinski definition) is 3. The van der Waals surface area contributed by atoms with Gasteiger partial charge in [0.05, 0.1) is 5.69 Å². The second-order valence-corrected chi connectivity index (χ2v) is 7.58. The maximum atomic E-state index is 12.4. The molecule has 2 fully saturated rings. The average Bonchev–Trinajstić information content (AvgIpc) is 3.60. The van der Waals surface area contributed by atoms with Gasteiger partial charge in [-0.15, -0.1) is 22.0 Å². The number of thioether (sulfide) groups is 1. The fraction of sp³-hybridized carbons (Fsp3) is 0.389. The summed E-state index contributed by atoms with van der Waals surface area (Å²) in [5.74, 6) is -0.388. The number of anilines is 3. The summed E-state index contributed by atoms with van der Waals surface area (Å²) in [5.41, 5.74) is 0.166. The summed E-state index contributed by atoms with van der Waals surface area (Å²) in [4.78, 5) is 30.0. The van der Waals surface area contributed by atoms with Crippen LogP contribution in [0, 0.1) is 11.3 Å². The van der Waals surface area contributed by atoms with Gasteiger partial charge in [0.25, 0.3) is 5.91 Å². The first-order valence-electron chi connectivity index (χ1n) is 9.98. The fourth-order valence-electron chi connectivity index (χ4n) is 3.20.